The Labute approximate surface area is 131 Å². The molecule has 2 rings (SSSR count). The van der Waals surface area contributed by atoms with E-state index in [-0.39, 0.29) is 5.56 Å². The summed E-state index contributed by atoms with van der Waals surface area (Å²) in [6.45, 7) is 0. The van der Waals surface area contributed by atoms with Crippen molar-refractivity contribution in [3.8, 4) is 0 Å². The van der Waals surface area contributed by atoms with E-state index in [0.29, 0.717) is 11.2 Å². The third-order valence-corrected chi connectivity index (χ3v) is 2.96. The molecule has 120 valence electrons. The molecule has 1 amide bonds. The summed E-state index contributed by atoms with van der Waals surface area (Å²) < 4.78 is 65.5. The fourth-order valence-electron chi connectivity index (χ4n) is 1.56. The molecule has 0 saturated carbocycles. The van der Waals surface area contributed by atoms with E-state index in [0.717, 1.165) is 0 Å². The van der Waals surface area contributed by atoms with Gasteiger partial charge in [-0.05, 0) is 24.3 Å². The van der Waals surface area contributed by atoms with Crippen LogP contribution in [0.1, 0.15) is 15.9 Å². The molecule has 0 radical (unpaired) electrons. The summed E-state index contributed by atoms with van der Waals surface area (Å²) >= 11 is 5.63. The average Bonchev–Trinajstić information content (AvgIpc) is 2.54. The second kappa shape index (κ2) is 6.74. The van der Waals surface area contributed by atoms with E-state index >= 15 is 0 Å². The van der Waals surface area contributed by atoms with Crippen molar-refractivity contribution in [2.45, 2.75) is 0 Å². The molecule has 2 aromatic carbocycles. The van der Waals surface area contributed by atoms with Crippen molar-refractivity contribution in [3.63, 3.8) is 0 Å². The summed E-state index contributed by atoms with van der Waals surface area (Å²) in [6, 6.07) is 5.55. The number of carbonyl (C=O) groups is 1. The lowest BCUT2D eigenvalue weighted by Gasteiger charge is -2.04. The van der Waals surface area contributed by atoms with Gasteiger partial charge >= 0.3 is 0 Å². The minimum atomic E-state index is -2.28. The zero-order valence-electron chi connectivity index (χ0n) is 11.0. The molecule has 3 nitrogen and oxygen atoms in total. The van der Waals surface area contributed by atoms with E-state index in [1.807, 2.05) is 5.43 Å². The maximum Gasteiger partial charge on any atom is 0.271 e. The van der Waals surface area contributed by atoms with Crippen LogP contribution in [0.15, 0.2) is 29.4 Å². The molecule has 9 heteroatoms. The third-order valence-electron chi connectivity index (χ3n) is 2.71. The average molecular weight is 349 g/mol. The monoisotopic (exact) mass is 348 g/mol. The zero-order valence-corrected chi connectivity index (χ0v) is 11.8. The lowest BCUT2D eigenvalue weighted by atomic mass is 10.2. The van der Waals surface area contributed by atoms with Gasteiger partial charge in [0.1, 0.15) is 0 Å². The molecule has 1 N–H and O–H groups in total. The molecule has 0 unspecified atom stereocenters. The van der Waals surface area contributed by atoms with Crippen molar-refractivity contribution in [1.82, 2.24) is 5.43 Å². The molecule has 0 saturated heterocycles. The Kier molecular flexibility index (Phi) is 4.95. The van der Waals surface area contributed by atoms with Gasteiger partial charge in [-0.3, -0.25) is 4.79 Å². The maximum atomic E-state index is 13.4. The van der Waals surface area contributed by atoms with Gasteiger partial charge in [0.15, 0.2) is 23.3 Å². The third kappa shape index (κ3) is 3.48. The zero-order chi connectivity index (χ0) is 17.1. The highest BCUT2D eigenvalue weighted by atomic mass is 35.5. The highest BCUT2D eigenvalue weighted by molar-refractivity contribution is 6.30. The largest absolute Gasteiger partial charge is 0.271 e. The molecule has 0 aliphatic heterocycles. The summed E-state index contributed by atoms with van der Waals surface area (Å²) in [5, 5.41) is 3.56. The number of hydrogen-bond donors (Lipinski definition) is 1. The predicted molar refractivity (Wildman–Crippen MR) is 72.7 cm³/mol. The Balaban J connectivity index is 2.21. The number of hydrazone groups is 1. The Morgan fingerprint density at radius 1 is 0.913 bits per heavy atom. The fraction of sp³-hybridized carbons (Fsp3) is 0. The molecule has 0 aliphatic carbocycles. The molecule has 0 aliphatic rings. The number of hydrogen-bond acceptors (Lipinski definition) is 2. The van der Waals surface area contributed by atoms with Crippen molar-refractivity contribution >= 4 is 23.7 Å². The van der Waals surface area contributed by atoms with Crippen LogP contribution < -0.4 is 5.43 Å². The molecule has 23 heavy (non-hydrogen) atoms. The van der Waals surface area contributed by atoms with E-state index in [2.05, 4.69) is 5.10 Å². The lowest BCUT2D eigenvalue weighted by molar-refractivity contribution is 0.0955. The minimum absolute atomic E-state index is 0.129. The van der Waals surface area contributed by atoms with E-state index in [1.165, 1.54) is 24.3 Å². The van der Waals surface area contributed by atoms with Crippen LogP contribution in [0.3, 0.4) is 0 Å². The van der Waals surface area contributed by atoms with Crippen molar-refractivity contribution in [1.29, 1.82) is 0 Å². The number of rotatable bonds is 3. The topological polar surface area (TPSA) is 41.5 Å². The van der Waals surface area contributed by atoms with Gasteiger partial charge in [0.25, 0.3) is 5.91 Å². The van der Waals surface area contributed by atoms with Crippen LogP contribution in [0.5, 0.6) is 0 Å². The van der Waals surface area contributed by atoms with Crippen molar-refractivity contribution in [3.05, 3.63) is 69.5 Å². The summed E-state index contributed by atoms with van der Waals surface area (Å²) in [5.41, 5.74) is 0.753. The minimum Gasteiger partial charge on any atom is -0.267 e. The maximum absolute atomic E-state index is 13.4. The van der Waals surface area contributed by atoms with Gasteiger partial charge in [-0.25, -0.2) is 27.4 Å². The molecular formula is C14H6ClF5N2O. The lowest BCUT2D eigenvalue weighted by Crippen LogP contribution is -2.18. The van der Waals surface area contributed by atoms with Crippen LogP contribution in [0.2, 0.25) is 5.02 Å². The van der Waals surface area contributed by atoms with E-state index in [9.17, 15) is 26.7 Å². The Morgan fingerprint density at radius 2 is 1.39 bits per heavy atom. The van der Waals surface area contributed by atoms with Gasteiger partial charge in [0.2, 0.25) is 5.82 Å². The Bertz CT molecular complexity index is 764. The molecule has 0 aromatic heterocycles. The number of halogens is 6. The van der Waals surface area contributed by atoms with Crippen LogP contribution in [0.25, 0.3) is 0 Å². The summed E-state index contributed by atoms with van der Waals surface area (Å²) in [4.78, 5) is 11.6. The smallest absolute Gasteiger partial charge is 0.267 e. The van der Waals surface area contributed by atoms with E-state index in [4.69, 9.17) is 11.6 Å². The Morgan fingerprint density at radius 3 is 1.91 bits per heavy atom. The van der Waals surface area contributed by atoms with Gasteiger partial charge in [-0.15, -0.1) is 0 Å². The number of amides is 1. The molecule has 0 heterocycles. The second-order valence-corrected chi connectivity index (χ2v) is 4.63. The molecule has 2 aromatic rings. The van der Waals surface area contributed by atoms with Gasteiger partial charge < -0.3 is 0 Å². The van der Waals surface area contributed by atoms with Gasteiger partial charge in [-0.1, -0.05) is 11.6 Å². The van der Waals surface area contributed by atoms with E-state index < -0.39 is 40.6 Å². The number of benzene rings is 2. The highest BCUT2D eigenvalue weighted by Crippen LogP contribution is 2.21. The quantitative estimate of drug-likeness (QED) is 0.296. The van der Waals surface area contributed by atoms with Crippen molar-refractivity contribution in [2.24, 2.45) is 5.10 Å². The van der Waals surface area contributed by atoms with Crippen LogP contribution in [-0.4, -0.2) is 12.1 Å². The fourth-order valence-corrected chi connectivity index (χ4v) is 1.68. The first-order valence-electron chi connectivity index (χ1n) is 5.93. The van der Waals surface area contributed by atoms with Crippen LogP contribution >= 0.6 is 11.6 Å². The van der Waals surface area contributed by atoms with Crippen LogP contribution in [0.4, 0.5) is 22.0 Å². The Hall–Kier alpha value is -2.48. The van der Waals surface area contributed by atoms with E-state index in [1.54, 1.807) is 0 Å². The number of nitrogens with zero attached hydrogens (tertiary/aromatic N) is 1. The van der Waals surface area contributed by atoms with Crippen molar-refractivity contribution < 1.29 is 26.7 Å². The molecule has 0 fully saturated rings. The molecule has 0 atom stereocenters. The molecule has 0 bridgehead atoms. The van der Waals surface area contributed by atoms with Crippen LogP contribution in [0, 0.1) is 29.1 Å². The van der Waals surface area contributed by atoms with Crippen molar-refractivity contribution in [2.75, 3.05) is 0 Å². The SMILES string of the molecule is O=C(N/N=C/c1c(F)c(F)c(F)c(F)c1F)c1ccc(Cl)cc1. The first kappa shape index (κ1) is 16.9. The summed E-state index contributed by atoms with van der Waals surface area (Å²) in [6.07, 6.45) is 0.323. The molecular weight excluding hydrogens is 343 g/mol. The second-order valence-electron chi connectivity index (χ2n) is 4.19. The van der Waals surface area contributed by atoms with Gasteiger partial charge in [-0.2, -0.15) is 5.10 Å². The normalized spacial score (nSPS) is 11.0. The summed E-state index contributed by atoms with van der Waals surface area (Å²) in [7, 11) is 0. The molecule has 0 spiro atoms. The standard InChI is InChI=1S/C14H6ClF5N2O/c15-7-3-1-6(2-4-7)14(23)22-21-5-8-9(16)11(18)13(20)12(19)10(8)17/h1-5H,(H,22,23)/b21-5+. The first-order valence-corrected chi connectivity index (χ1v) is 6.31. The van der Waals surface area contributed by atoms with Crippen LogP contribution in [-0.2, 0) is 0 Å². The highest BCUT2D eigenvalue weighted by Gasteiger charge is 2.24. The van der Waals surface area contributed by atoms with Gasteiger partial charge in [0.05, 0.1) is 11.8 Å². The number of carbonyl (C=O) groups excluding carboxylic acids is 1. The summed E-state index contributed by atoms with van der Waals surface area (Å²) in [5.74, 6) is -11.3. The first-order chi connectivity index (χ1) is 10.8. The predicted octanol–water partition coefficient (Wildman–Crippen LogP) is 3.80. The number of nitrogens with one attached hydrogen (secondary N) is 1. The van der Waals surface area contributed by atoms with Gasteiger partial charge in [0, 0.05) is 10.6 Å².